The zero-order valence-corrected chi connectivity index (χ0v) is 14.8. The molecule has 1 N–H and O–H groups in total. The summed E-state index contributed by atoms with van der Waals surface area (Å²) in [5.41, 5.74) is -0.596. The fraction of sp³-hybridized carbons (Fsp3) is 1.00. The molecular weight excluding hydrogens is 286 g/mol. The monoisotopic (exact) mass is 317 g/mol. The Bertz CT molecular complexity index is 376. The lowest BCUT2D eigenvalue weighted by Gasteiger charge is -2.41. The van der Waals surface area contributed by atoms with E-state index in [1.807, 2.05) is 46.6 Å². The fourth-order valence-corrected chi connectivity index (χ4v) is 3.18. The van der Waals surface area contributed by atoms with Gasteiger partial charge < -0.3 is 19.3 Å². The Kier molecular flexibility index (Phi) is 5.22. The van der Waals surface area contributed by atoms with E-state index in [0.29, 0.717) is 6.54 Å². The molecule has 5 atom stereocenters. The molecule has 0 unspecified atom stereocenters. The highest BCUT2D eigenvalue weighted by Gasteiger charge is 2.54. The summed E-state index contributed by atoms with van der Waals surface area (Å²) in [5.74, 6) is 0. The summed E-state index contributed by atoms with van der Waals surface area (Å²) in [6, 6.07) is -0.180. The minimum Gasteiger partial charge on any atom is -0.388 e. The van der Waals surface area contributed by atoms with Gasteiger partial charge in [0.15, 0.2) is 0 Å². The van der Waals surface area contributed by atoms with Crippen molar-refractivity contribution in [2.24, 2.45) is 0 Å². The Labute approximate surface area is 133 Å². The summed E-state index contributed by atoms with van der Waals surface area (Å²) in [6.45, 7) is 13.0. The number of ether oxygens (including phenoxy) is 3. The van der Waals surface area contributed by atoms with Crippen molar-refractivity contribution in [3.05, 3.63) is 0 Å². The first-order valence-electron chi connectivity index (χ1n) is 7.98. The molecule has 6 heteroatoms. The second-order valence-corrected chi connectivity index (χ2v) is 8.12. The normalized spacial score (nSPS) is 37.4. The van der Waals surface area contributed by atoms with Gasteiger partial charge in [-0.15, -0.1) is 0 Å². The van der Waals surface area contributed by atoms with Gasteiger partial charge in [0.25, 0.3) is 0 Å². The van der Waals surface area contributed by atoms with Crippen LogP contribution in [0.1, 0.15) is 41.5 Å². The van der Waals surface area contributed by atoms with Gasteiger partial charge >= 0.3 is 0 Å². The van der Waals surface area contributed by atoms with E-state index in [9.17, 15) is 5.11 Å². The third-order valence-electron chi connectivity index (χ3n) is 3.79. The van der Waals surface area contributed by atoms with E-state index in [1.54, 1.807) is 7.11 Å². The first-order valence-corrected chi connectivity index (χ1v) is 7.98. The van der Waals surface area contributed by atoms with Crippen LogP contribution in [0, 0.1) is 0 Å². The molecule has 2 saturated heterocycles. The first-order chi connectivity index (χ1) is 10.0. The van der Waals surface area contributed by atoms with Gasteiger partial charge in [-0.05, 0) is 41.5 Å². The third kappa shape index (κ3) is 4.19. The lowest BCUT2D eigenvalue weighted by molar-refractivity contribution is -0.276. The van der Waals surface area contributed by atoms with Crippen LogP contribution in [0.5, 0.6) is 0 Å². The highest BCUT2D eigenvalue weighted by molar-refractivity contribution is 5.02. The number of hydroxylamine groups is 2. The van der Waals surface area contributed by atoms with Gasteiger partial charge in [-0.25, -0.2) is 0 Å². The smallest absolute Gasteiger partial charge is 0.107 e. The number of methoxy groups -OCH3 is 1. The highest BCUT2D eigenvalue weighted by Crippen LogP contribution is 2.35. The van der Waals surface area contributed by atoms with Gasteiger partial charge in [0.1, 0.15) is 24.4 Å². The Hall–Kier alpha value is -0.240. The van der Waals surface area contributed by atoms with Gasteiger partial charge in [0, 0.05) is 7.11 Å². The topological polar surface area (TPSA) is 60.4 Å². The van der Waals surface area contributed by atoms with E-state index in [1.165, 1.54) is 0 Å². The number of aliphatic hydroxyl groups excluding tert-OH is 1. The van der Waals surface area contributed by atoms with Crippen molar-refractivity contribution in [1.29, 1.82) is 0 Å². The third-order valence-corrected chi connectivity index (χ3v) is 3.79. The van der Waals surface area contributed by atoms with E-state index in [2.05, 4.69) is 0 Å². The fourth-order valence-electron chi connectivity index (χ4n) is 3.18. The van der Waals surface area contributed by atoms with Crippen LogP contribution < -0.4 is 0 Å². The SMILES string of the molecule is CO[C@@H]1[C@H]2[C@H](OC(C)(C)C)[C@@H](OC(C)(C)C)CN2OC[C@H]1O. The van der Waals surface area contributed by atoms with E-state index in [-0.39, 0.29) is 42.2 Å². The van der Waals surface area contributed by atoms with Gasteiger partial charge in [0.05, 0.1) is 30.4 Å². The molecule has 2 fully saturated rings. The molecule has 0 aliphatic carbocycles. The summed E-state index contributed by atoms with van der Waals surface area (Å²) >= 11 is 0. The maximum atomic E-state index is 10.2. The minimum absolute atomic E-state index is 0.132. The van der Waals surface area contributed by atoms with Crippen molar-refractivity contribution in [3.63, 3.8) is 0 Å². The van der Waals surface area contributed by atoms with Crippen molar-refractivity contribution >= 4 is 0 Å². The Morgan fingerprint density at radius 2 is 1.59 bits per heavy atom. The quantitative estimate of drug-likeness (QED) is 0.848. The summed E-state index contributed by atoms with van der Waals surface area (Å²) < 4.78 is 18.0. The zero-order chi connectivity index (χ0) is 16.7. The molecule has 2 rings (SSSR count). The van der Waals surface area contributed by atoms with Crippen LogP contribution in [-0.2, 0) is 19.0 Å². The molecule has 22 heavy (non-hydrogen) atoms. The zero-order valence-electron chi connectivity index (χ0n) is 14.8. The van der Waals surface area contributed by atoms with E-state index >= 15 is 0 Å². The molecule has 0 radical (unpaired) electrons. The largest absolute Gasteiger partial charge is 0.388 e. The van der Waals surface area contributed by atoms with Crippen LogP contribution in [0.3, 0.4) is 0 Å². The molecule has 0 bridgehead atoms. The standard InChI is InChI=1S/C16H31NO5/c1-15(2,3)21-11-8-17-12(14(11)22-16(4,5)6)13(19-7)10(18)9-20-17/h10-14,18H,8-9H2,1-7H3/t10-,11+,12+,13+,14-/m1/s1. The lowest BCUT2D eigenvalue weighted by Crippen LogP contribution is -2.58. The molecule has 2 aliphatic heterocycles. The van der Waals surface area contributed by atoms with E-state index in [4.69, 9.17) is 19.0 Å². The second kappa shape index (κ2) is 6.34. The predicted octanol–water partition coefficient (Wildman–Crippen LogP) is 1.36. The highest BCUT2D eigenvalue weighted by atomic mass is 16.7. The summed E-state index contributed by atoms with van der Waals surface area (Å²) in [5, 5.41) is 12.0. The van der Waals surface area contributed by atoms with Crippen molar-refractivity contribution in [2.45, 2.75) is 83.2 Å². The lowest BCUT2D eigenvalue weighted by atomic mass is 9.98. The second-order valence-electron chi connectivity index (χ2n) is 8.12. The molecule has 0 saturated carbocycles. The van der Waals surface area contributed by atoms with Crippen LogP contribution in [-0.4, -0.2) is 72.1 Å². The predicted molar refractivity (Wildman–Crippen MR) is 82.5 cm³/mol. The van der Waals surface area contributed by atoms with E-state index in [0.717, 1.165) is 0 Å². The van der Waals surface area contributed by atoms with Crippen LogP contribution in [0.4, 0.5) is 0 Å². The number of fused-ring (bicyclic) bond motifs is 1. The average molecular weight is 317 g/mol. The molecular formula is C16H31NO5. The van der Waals surface area contributed by atoms with Gasteiger partial charge in [0.2, 0.25) is 0 Å². The Morgan fingerprint density at radius 3 is 2.09 bits per heavy atom. The summed E-state index contributed by atoms with van der Waals surface area (Å²) in [7, 11) is 1.61. The van der Waals surface area contributed by atoms with Gasteiger partial charge in [-0.1, -0.05) is 0 Å². The average Bonchev–Trinajstić information content (AvgIpc) is 2.64. The van der Waals surface area contributed by atoms with Crippen LogP contribution in [0.25, 0.3) is 0 Å². The van der Waals surface area contributed by atoms with Crippen molar-refractivity contribution in [1.82, 2.24) is 5.06 Å². The van der Waals surface area contributed by atoms with E-state index < -0.39 is 6.10 Å². The Morgan fingerprint density at radius 1 is 1.00 bits per heavy atom. The molecule has 2 aliphatic rings. The van der Waals surface area contributed by atoms with Crippen LogP contribution in [0.15, 0.2) is 0 Å². The first kappa shape index (κ1) is 18.1. The molecule has 0 aromatic rings. The van der Waals surface area contributed by atoms with Crippen molar-refractivity contribution in [2.75, 3.05) is 20.3 Å². The Balaban J connectivity index is 2.25. The number of hydrogen-bond acceptors (Lipinski definition) is 6. The molecule has 6 nitrogen and oxygen atoms in total. The van der Waals surface area contributed by atoms with Crippen LogP contribution >= 0.6 is 0 Å². The number of aliphatic hydroxyl groups is 1. The van der Waals surface area contributed by atoms with Gasteiger partial charge in [-0.2, -0.15) is 5.06 Å². The maximum absolute atomic E-state index is 10.2. The van der Waals surface area contributed by atoms with Crippen molar-refractivity contribution in [3.8, 4) is 0 Å². The molecule has 2 heterocycles. The van der Waals surface area contributed by atoms with Crippen LogP contribution in [0.2, 0.25) is 0 Å². The summed E-state index contributed by atoms with van der Waals surface area (Å²) in [4.78, 5) is 5.68. The number of nitrogens with zero attached hydrogens (tertiary/aromatic N) is 1. The molecule has 0 spiro atoms. The molecule has 0 amide bonds. The molecule has 0 aromatic heterocycles. The maximum Gasteiger partial charge on any atom is 0.107 e. The van der Waals surface area contributed by atoms with Gasteiger partial charge in [-0.3, -0.25) is 4.84 Å². The number of hydrogen-bond donors (Lipinski definition) is 1. The molecule has 130 valence electrons. The summed E-state index contributed by atoms with van der Waals surface area (Å²) in [6.07, 6.45) is -1.37. The number of rotatable bonds is 3. The molecule has 0 aromatic carbocycles. The van der Waals surface area contributed by atoms with Crippen molar-refractivity contribution < 1.29 is 24.2 Å². The minimum atomic E-state index is -0.661.